The van der Waals surface area contributed by atoms with Gasteiger partial charge >= 0.3 is 0 Å². The minimum atomic E-state index is 0.577. The van der Waals surface area contributed by atoms with Gasteiger partial charge in [-0.15, -0.1) is 0 Å². The van der Waals surface area contributed by atoms with Crippen molar-refractivity contribution < 1.29 is 4.74 Å². The third-order valence-electron chi connectivity index (χ3n) is 3.30. The molecular weight excluding hydrogens is 262 g/mol. The van der Waals surface area contributed by atoms with Crippen molar-refractivity contribution in [3.8, 4) is 5.88 Å². The molecule has 1 heterocycles. The highest BCUT2D eigenvalue weighted by molar-refractivity contribution is 5.18. The summed E-state index contributed by atoms with van der Waals surface area (Å²) in [5.41, 5.74) is 2.19. The fourth-order valence-corrected chi connectivity index (χ4v) is 2.11. The second kappa shape index (κ2) is 7.84. The Bertz CT molecular complexity index is 534. The van der Waals surface area contributed by atoms with Gasteiger partial charge in [0.1, 0.15) is 6.61 Å². The molecule has 0 aliphatic carbocycles. The van der Waals surface area contributed by atoms with E-state index in [0.29, 0.717) is 12.5 Å². The van der Waals surface area contributed by atoms with Crippen LogP contribution in [0.25, 0.3) is 0 Å². The zero-order valence-electron chi connectivity index (χ0n) is 13.2. The average molecular weight is 287 g/mol. The second-order valence-electron chi connectivity index (χ2n) is 5.68. The van der Waals surface area contributed by atoms with Gasteiger partial charge in [-0.2, -0.15) is 5.10 Å². The van der Waals surface area contributed by atoms with Crippen LogP contribution in [0, 0.1) is 5.92 Å². The molecule has 1 aromatic carbocycles. The molecule has 0 bridgehead atoms. The van der Waals surface area contributed by atoms with Crippen LogP contribution in [0.3, 0.4) is 0 Å². The average Bonchev–Trinajstić information content (AvgIpc) is 2.86. The first-order valence-corrected chi connectivity index (χ1v) is 7.57. The van der Waals surface area contributed by atoms with Crippen LogP contribution in [0.2, 0.25) is 0 Å². The van der Waals surface area contributed by atoms with Gasteiger partial charge in [0.25, 0.3) is 0 Å². The molecule has 1 N–H and O–H groups in total. The molecule has 114 valence electrons. The van der Waals surface area contributed by atoms with Crippen molar-refractivity contribution in [3.05, 3.63) is 47.7 Å². The lowest BCUT2D eigenvalue weighted by molar-refractivity contribution is 0.268. The Hall–Kier alpha value is -1.81. The van der Waals surface area contributed by atoms with Crippen molar-refractivity contribution >= 4 is 0 Å². The van der Waals surface area contributed by atoms with Gasteiger partial charge in [0, 0.05) is 19.2 Å². The molecule has 0 radical (unpaired) electrons. The number of hydrogen-bond donors (Lipinski definition) is 1. The van der Waals surface area contributed by atoms with Crippen LogP contribution >= 0.6 is 0 Å². The van der Waals surface area contributed by atoms with Gasteiger partial charge in [-0.25, -0.2) is 4.68 Å². The number of ether oxygens (including phenoxy) is 1. The van der Waals surface area contributed by atoms with Crippen molar-refractivity contribution in [3.63, 3.8) is 0 Å². The summed E-state index contributed by atoms with van der Waals surface area (Å²) in [6.45, 7) is 6.68. The quantitative estimate of drug-likeness (QED) is 0.810. The first-order valence-electron chi connectivity index (χ1n) is 7.57. The highest BCUT2D eigenvalue weighted by Crippen LogP contribution is 2.17. The number of benzene rings is 1. The monoisotopic (exact) mass is 287 g/mol. The smallest absolute Gasteiger partial charge is 0.212 e. The van der Waals surface area contributed by atoms with Crippen LogP contribution < -0.4 is 10.1 Å². The van der Waals surface area contributed by atoms with Crippen molar-refractivity contribution in [2.75, 3.05) is 7.05 Å². The molecule has 2 rings (SSSR count). The van der Waals surface area contributed by atoms with Gasteiger partial charge in [0.2, 0.25) is 5.88 Å². The lowest BCUT2D eigenvalue weighted by Gasteiger charge is -2.10. The lowest BCUT2D eigenvalue weighted by atomic mass is 10.1. The van der Waals surface area contributed by atoms with E-state index in [1.165, 1.54) is 5.56 Å². The maximum atomic E-state index is 5.96. The fraction of sp³-hybridized carbons (Fsp3) is 0.471. The zero-order valence-corrected chi connectivity index (χ0v) is 13.2. The third kappa shape index (κ3) is 4.90. The van der Waals surface area contributed by atoms with Gasteiger partial charge in [0.15, 0.2) is 0 Å². The molecule has 4 heteroatoms. The second-order valence-corrected chi connectivity index (χ2v) is 5.68. The minimum Gasteiger partial charge on any atom is -0.473 e. The summed E-state index contributed by atoms with van der Waals surface area (Å²) in [5, 5.41) is 7.75. The van der Waals surface area contributed by atoms with Crippen LogP contribution in [0.15, 0.2) is 36.4 Å². The summed E-state index contributed by atoms with van der Waals surface area (Å²) in [5.74, 6) is 1.51. The molecule has 0 saturated heterocycles. The Labute approximate surface area is 127 Å². The predicted octanol–water partition coefficient (Wildman–Crippen LogP) is 3.23. The largest absolute Gasteiger partial charge is 0.473 e. The molecule has 2 aromatic rings. The molecule has 0 unspecified atom stereocenters. The topological polar surface area (TPSA) is 39.1 Å². The SMILES string of the molecule is CNCc1cc(OCc2ccccc2)n(CCC(C)C)n1. The lowest BCUT2D eigenvalue weighted by Crippen LogP contribution is -2.09. The predicted molar refractivity (Wildman–Crippen MR) is 85.2 cm³/mol. The van der Waals surface area contributed by atoms with Crippen molar-refractivity contribution in [2.45, 2.75) is 40.0 Å². The molecular formula is C17H25N3O. The van der Waals surface area contributed by atoms with Gasteiger partial charge < -0.3 is 10.1 Å². The summed E-state index contributed by atoms with van der Waals surface area (Å²) in [6.07, 6.45) is 1.10. The van der Waals surface area contributed by atoms with E-state index in [1.807, 2.05) is 36.0 Å². The highest BCUT2D eigenvalue weighted by Gasteiger charge is 2.09. The maximum absolute atomic E-state index is 5.96. The molecule has 0 amide bonds. The van der Waals surface area contributed by atoms with E-state index in [-0.39, 0.29) is 0 Å². The molecule has 4 nitrogen and oxygen atoms in total. The van der Waals surface area contributed by atoms with E-state index in [2.05, 4.69) is 36.4 Å². The molecule has 21 heavy (non-hydrogen) atoms. The standard InChI is InChI=1S/C17H25N3O/c1-14(2)9-10-20-17(11-16(19-20)12-18-3)21-13-15-7-5-4-6-8-15/h4-8,11,14,18H,9-10,12-13H2,1-3H3. The van der Waals surface area contributed by atoms with Gasteiger partial charge in [-0.3, -0.25) is 0 Å². The fourth-order valence-electron chi connectivity index (χ4n) is 2.11. The van der Waals surface area contributed by atoms with Gasteiger partial charge in [-0.1, -0.05) is 44.2 Å². The van der Waals surface area contributed by atoms with Crippen LogP contribution in [0.1, 0.15) is 31.5 Å². The van der Waals surface area contributed by atoms with E-state index in [9.17, 15) is 0 Å². The van der Waals surface area contributed by atoms with Crippen molar-refractivity contribution in [2.24, 2.45) is 5.92 Å². The highest BCUT2D eigenvalue weighted by atomic mass is 16.5. The summed E-state index contributed by atoms with van der Waals surface area (Å²) in [4.78, 5) is 0. The number of hydrogen-bond acceptors (Lipinski definition) is 3. The Morgan fingerprint density at radius 1 is 1.24 bits per heavy atom. The Kier molecular flexibility index (Phi) is 5.81. The summed E-state index contributed by atoms with van der Waals surface area (Å²) in [7, 11) is 1.93. The Morgan fingerprint density at radius 3 is 2.67 bits per heavy atom. The summed E-state index contributed by atoms with van der Waals surface area (Å²) >= 11 is 0. The number of nitrogens with zero attached hydrogens (tertiary/aromatic N) is 2. The Balaban J connectivity index is 2.04. The molecule has 0 saturated carbocycles. The van der Waals surface area contributed by atoms with Crippen molar-refractivity contribution in [1.82, 2.24) is 15.1 Å². The normalized spacial score (nSPS) is 11.0. The van der Waals surface area contributed by atoms with E-state index in [4.69, 9.17) is 4.74 Å². The van der Waals surface area contributed by atoms with Crippen LogP contribution in [0.5, 0.6) is 5.88 Å². The van der Waals surface area contributed by atoms with E-state index >= 15 is 0 Å². The third-order valence-corrected chi connectivity index (χ3v) is 3.30. The van der Waals surface area contributed by atoms with E-state index in [1.54, 1.807) is 0 Å². The molecule has 0 fully saturated rings. The molecule has 0 aliphatic heterocycles. The first kappa shape index (κ1) is 15.6. The van der Waals surface area contributed by atoms with Gasteiger partial charge in [-0.05, 0) is 24.9 Å². The molecule has 0 atom stereocenters. The first-order chi connectivity index (χ1) is 10.2. The van der Waals surface area contributed by atoms with Gasteiger partial charge in [0.05, 0.1) is 5.69 Å². The number of aryl methyl sites for hydroxylation is 1. The van der Waals surface area contributed by atoms with Crippen LogP contribution in [-0.2, 0) is 19.7 Å². The molecule has 1 aromatic heterocycles. The number of rotatable bonds is 8. The van der Waals surface area contributed by atoms with Crippen LogP contribution in [-0.4, -0.2) is 16.8 Å². The number of nitrogens with one attached hydrogen (secondary N) is 1. The Morgan fingerprint density at radius 2 is 2.00 bits per heavy atom. The molecule has 0 spiro atoms. The minimum absolute atomic E-state index is 0.577. The number of aromatic nitrogens is 2. The summed E-state index contributed by atoms with van der Waals surface area (Å²) in [6, 6.07) is 12.2. The zero-order chi connectivity index (χ0) is 15.1. The van der Waals surface area contributed by atoms with E-state index < -0.39 is 0 Å². The maximum Gasteiger partial charge on any atom is 0.212 e. The van der Waals surface area contributed by atoms with Crippen LogP contribution in [0.4, 0.5) is 0 Å². The van der Waals surface area contributed by atoms with E-state index in [0.717, 1.165) is 31.1 Å². The molecule has 0 aliphatic rings. The summed E-state index contributed by atoms with van der Waals surface area (Å²) < 4.78 is 7.94. The van der Waals surface area contributed by atoms with Crippen molar-refractivity contribution in [1.29, 1.82) is 0 Å².